The molecule has 1 unspecified atom stereocenters. The van der Waals surface area contributed by atoms with E-state index in [-0.39, 0.29) is 11.3 Å². The molecule has 0 aliphatic carbocycles. The van der Waals surface area contributed by atoms with Crippen molar-refractivity contribution in [3.63, 3.8) is 0 Å². The summed E-state index contributed by atoms with van der Waals surface area (Å²) < 4.78 is 11.1. The second-order valence-corrected chi connectivity index (χ2v) is 7.23. The van der Waals surface area contributed by atoms with Crippen LogP contribution in [0.1, 0.15) is 38.8 Å². The summed E-state index contributed by atoms with van der Waals surface area (Å²) in [5.41, 5.74) is 2.88. The van der Waals surface area contributed by atoms with E-state index >= 15 is 0 Å². The second-order valence-electron chi connectivity index (χ2n) is 7.23. The number of ether oxygens (including phenoxy) is 2. The molecule has 1 atom stereocenters. The lowest BCUT2D eigenvalue weighted by atomic mass is 9.87. The molecule has 0 aliphatic heterocycles. The van der Waals surface area contributed by atoms with Crippen molar-refractivity contribution in [2.24, 2.45) is 0 Å². The molecule has 1 N–H and O–H groups in total. The normalized spacial score (nSPS) is 12.4. The second kappa shape index (κ2) is 7.60. The van der Waals surface area contributed by atoms with Crippen molar-refractivity contribution in [1.29, 1.82) is 0 Å². The molecule has 1 amide bonds. The summed E-state index contributed by atoms with van der Waals surface area (Å²) in [7, 11) is 1.58. The largest absolute Gasteiger partial charge is 0.495 e. The van der Waals surface area contributed by atoms with E-state index in [2.05, 4.69) is 32.2 Å². The van der Waals surface area contributed by atoms with Gasteiger partial charge in [-0.3, -0.25) is 4.79 Å². The summed E-state index contributed by atoms with van der Waals surface area (Å²) in [5.74, 6) is 1.09. The van der Waals surface area contributed by atoms with Crippen molar-refractivity contribution in [2.45, 2.75) is 46.1 Å². The Balaban J connectivity index is 2.10. The van der Waals surface area contributed by atoms with Crippen LogP contribution in [0.3, 0.4) is 0 Å². The van der Waals surface area contributed by atoms with Crippen LogP contribution in [0, 0.1) is 6.92 Å². The van der Waals surface area contributed by atoms with Crippen molar-refractivity contribution in [3.8, 4) is 11.5 Å². The number of hydrogen-bond acceptors (Lipinski definition) is 3. The minimum atomic E-state index is -0.625. The molecule has 2 aromatic rings. The summed E-state index contributed by atoms with van der Waals surface area (Å²) in [4.78, 5) is 12.5. The number of carbonyl (C=O) groups is 1. The minimum absolute atomic E-state index is 0.0276. The molecule has 0 aliphatic rings. The van der Waals surface area contributed by atoms with Crippen molar-refractivity contribution in [1.82, 2.24) is 0 Å². The highest BCUT2D eigenvalue weighted by molar-refractivity contribution is 5.95. The zero-order valence-corrected chi connectivity index (χ0v) is 15.8. The van der Waals surface area contributed by atoms with Gasteiger partial charge in [0.15, 0.2) is 6.10 Å². The highest BCUT2D eigenvalue weighted by atomic mass is 16.5. The SMILES string of the molecule is COc1ccc(C)cc1NC(=O)C(C)Oc1cccc(C(C)(C)C)c1. The first-order chi connectivity index (χ1) is 11.7. The molecule has 4 nitrogen and oxygen atoms in total. The minimum Gasteiger partial charge on any atom is -0.495 e. The zero-order chi connectivity index (χ0) is 18.6. The van der Waals surface area contributed by atoms with Gasteiger partial charge in [-0.2, -0.15) is 0 Å². The smallest absolute Gasteiger partial charge is 0.265 e. The molecular formula is C21H27NO3. The first-order valence-electron chi connectivity index (χ1n) is 8.43. The first kappa shape index (κ1) is 18.8. The third-order valence-electron chi connectivity index (χ3n) is 3.99. The van der Waals surface area contributed by atoms with E-state index in [0.717, 1.165) is 11.1 Å². The third-order valence-corrected chi connectivity index (χ3v) is 3.99. The van der Waals surface area contributed by atoms with Crippen molar-refractivity contribution < 1.29 is 14.3 Å². The predicted molar refractivity (Wildman–Crippen MR) is 102 cm³/mol. The number of methoxy groups -OCH3 is 1. The van der Waals surface area contributed by atoms with Crippen LogP contribution in [-0.2, 0) is 10.2 Å². The van der Waals surface area contributed by atoms with Crippen LogP contribution in [0.2, 0.25) is 0 Å². The molecular weight excluding hydrogens is 314 g/mol. The molecule has 4 heteroatoms. The maximum Gasteiger partial charge on any atom is 0.265 e. The number of nitrogens with one attached hydrogen (secondary N) is 1. The standard InChI is InChI=1S/C21H27NO3/c1-14-10-11-19(24-6)18(12-14)22-20(23)15(2)25-17-9-7-8-16(13-17)21(3,4)5/h7-13,15H,1-6H3,(H,22,23). The number of aryl methyl sites for hydroxylation is 1. The van der Waals surface area contributed by atoms with Crippen LogP contribution in [0.15, 0.2) is 42.5 Å². The van der Waals surface area contributed by atoms with Gasteiger partial charge < -0.3 is 14.8 Å². The van der Waals surface area contributed by atoms with Crippen molar-refractivity contribution >= 4 is 11.6 Å². The zero-order valence-electron chi connectivity index (χ0n) is 15.8. The Hall–Kier alpha value is -2.49. The summed E-state index contributed by atoms with van der Waals surface area (Å²) >= 11 is 0. The van der Waals surface area contributed by atoms with E-state index < -0.39 is 6.10 Å². The monoisotopic (exact) mass is 341 g/mol. The molecule has 0 bridgehead atoms. The van der Waals surface area contributed by atoms with Gasteiger partial charge in [-0.05, 0) is 54.7 Å². The molecule has 25 heavy (non-hydrogen) atoms. The lowest BCUT2D eigenvalue weighted by Gasteiger charge is -2.21. The van der Waals surface area contributed by atoms with Gasteiger partial charge in [-0.15, -0.1) is 0 Å². The van der Waals surface area contributed by atoms with E-state index in [1.54, 1.807) is 14.0 Å². The van der Waals surface area contributed by atoms with Crippen LogP contribution in [-0.4, -0.2) is 19.1 Å². The number of anilines is 1. The van der Waals surface area contributed by atoms with E-state index in [1.807, 2.05) is 43.3 Å². The Bertz CT molecular complexity index is 747. The fraction of sp³-hybridized carbons (Fsp3) is 0.381. The lowest BCUT2D eigenvalue weighted by molar-refractivity contribution is -0.122. The van der Waals surface area contributed by atoms with Gasteiger partial charge in [0, 0.05) is 0 Å². The Kier molecular flexibility index (Phi) is 5.73. The summed E-state index contributed by atoms with van der Waals surface area (Å²) in [5, 5.41) is 2.88. The molecule has 0 saturated heterocycles. The summed E-state index contributed by atoms with van der Waals surface area (Å²) in [6, 6.07) is 13.5. The fourth-order valence-corrected chi connectivity index (χ4v) is 2.45. The number of amides is 1. The first-order valence-corrected chi connectivity index (χ1v) is 8.43. The predicted octanol–water partition coefficient (Wildman–Crippen LogP) is 4.71. The number of rotatable bonds is 5. The molecule has 0 radical (unpaired) electrons. The Labute approximate surface area is 150 Å². The highest BCUT2D eigenvalue weighted by Crippen LogP contribution is 2.27. The average molecular weight is 341 g/mol. The van der Waals surface area contributed by atoms with Crippen molar-refractivity contribution in [2.75, 3.05) is 12.4 Å². The van der Waals surface area contributed by atoms with Gasteiger partial charge in [-0.1, -0.05) is 39.0 Å². The number of benzene rings is 2. The van der Waals surface area contributed by atoms with Gasteiger partial charge >= 0.3 is 0 Å². The van der Waals surface area contributed by atoms with Gasteiger partial charge in [-0.25, -0.2) is 0 Å². The molecule has 2 rings (SSSR count). The lowest BCUT2D eigenvalue weighted by Crippen LogP contribution is -2.30. The van der Waals surface area contributed by atoms with Gasteiger partial charge in [0.1, 0.15) is 11.5 Å². The van der Waals surface area contributed by atoms with Crippen molar-refractivity contribution in [3.05, 3.63) is 53.6 Å². The van der Waals surface area contributed by atoms with E-state index in [4.69, 9.17) is 9.47 Å². The number of hydrogen-bond donors (Lipinski definition) is 1. The van der Waals surface area contributed by atoms with Gasteiger partial charge in [0.05, 0.1) is 12.8 Å². The molecule has 0 fully saturated rings. The number of carbonyl (C=O) groups excluding carboxylic acids is 1. The molecule has 2 aromatic carbocycles. The fourth-order valence-electron chi connectivity index (χ4n) is 2.45. The Morgan fingerprint density at radius 2 is 1.84 bits per heavy atom. The Morgan fingerprint density at radius 1 is 1.12 bits per heavy atom. The topological polar surface area (TPSA) is 47.6 Å². The maximum atomic E-state index is 12.5. The van der Waals surface area contributed by atoms with Crippen LogP contribution in [0.25, 0.3) is 0 Å². The van der Waals surface area contributed by atoms with Crippen LogP contribution in [0.5, 0.6) is 11.5 Å². The molecule has 0 heterocycles. The molecule has 134 valence electrons. The highest BCUT2D eigenvalue weighted by Gasteiger charge is 2.19. The van der Waals surface area contributed by atoms with Crippen LogP contribution in [0.4, 0.5) is 5.69 Å². The van der Waals surface area contributed by atoms with Gasteiger partial charge in [0.2, 0.25) is 0 Å². The third kappa shape index (κ3) is 4.99. The van der Waals surface area contributed by atoms with E-state index in [1.165, 1.54) is 0 Å². The molecule has 0 spiro atoms. The van der Waals surface area contributed by atoms with Crippen LogP contribution < -0.4 is 14.8 Å². The van der Waals surface area contributed by atoms with E-state index in [9.17, 15) is 4.79 Å². The quantitative estimate of drug-likeness (QED) is 0.857. The Morgan fingerprint density at radius 3 is 2.48 bits per heavy atom. The average Bonchev–Trinajstić information content (AvgIpc) is 2.54. The van der Waals surface area contributed by atoms with Crippen LogP contribution >= 0.6 is 0 Å². The van der Waals surface area contributed by atoms with E-state index in [0.29, 0.717) is 17.2 Å². The maximum absolute atomic E-state index is 12.5. The summed E-state index contributed by atoms with van der Waals surface area (Å²) in [6.07, 6.45) is -0.625. The summed E-state index contributed by atoms with van der Waals surface area (Å²) in [6.45, 7) is 10.1. The molecule has 0 saturated carbocycles. The molecule has 0 aromatic heterocycles. The van der Waals surface area contributed by atoms with Gasteiger partial charge in [0.25, 0.3) is 5.91 Å².